The van der Waals surface area contributed by atoms with Crippen LogP contribution in [0.5, 0.6) is 0 Å². The molecule has 5 rings (SSSR count). The number of hydrogen-bond donors (Lipinski definition) is 1. The van der Waals surface area contributed by atoms with Crippen LogP contribution in [-0.2, 0) is 6.54 Å². The van der Waals surface area contributed by atoms with Gasteiger partial charge in [-0.3, -0.25) is 14.9 Å². The highest BCUT2D eigenvalue weighted by Crippen LogP contribution is 2.34. The summed E-state index contributed by atoms with van der Waals surface area (Å²) in [5, 5.41) is 15.2. The highest BCUT2D eigenvalue weighted by molar-refractivity contribution is 6.00. The van der Waals surface area contributed by atoms with Gasteiger partial charge >= 0.3 is 5.69 Å². The number of nitrogens with one attached hydrogen (secondary N) is 1. The molecule has 4 aromatic rings. The number of benzene rings is 2. The van der Waals surface area contributed by atoms with Gasteiger partial charge in [0, 0.05) is 35.1 Å². The molecule has 0 bridgehead atoms. The lowest BCUT2D eigenvalue weighted by Crippen LogP contribution is -2.34. The van der Waals surface area contributed by atoms with Crippen molar-refractivity contribution in [2.45, 2.75) is 13.5 Å². The molecule has 0 unspecified atom stereocenters. The van der Waals surface area contributed by atoms with E-state index in [0.717, 1.165) is 10.9 Å². The SMILES string of the molecule is Cc1ccc2oc(-c3ccc4cc5n(c4c3)CCNC5=O)nc2c1[N+](=O)[O-]. The van der Waals surface area contributed by atoms with Gasteiger partial charge in [-0.1, -0.05) is 6.07 Å². The molecule has 27 heavy (non-hydrogen) atoms. The number of aryl methyl sites for hydroxylation is 1. The minimum Gasteiger partial charge on any atom is -0.436 e. The zero-order valence-corrected chi connectivity index (χ0v) is 14.4. The number of amides is 1. The van der Waals surface area contributed by atoms with Crippen LogP contribution in [0.15, 0.2) is 40.8 Å². The molecule has 1 aliphatic rings. The fourth-order valence-electron chi connectivity index (χ4n) is 3.62. The predicted molar refractivity (Wildman–Crippen MR) is 98.7 cm³/mol. The fraction of sp³-hybridized carbons (Fsp3) is 0.158. The number of aromatic nitrogens is 2. The molecule has 8 nitrogen and oxygen atoms in total. The van der Waals surface area contributed by atoms with E-state index in [1.54, 1.807) is 19.1 Å². The molecule has 1 amide bonds. The topological polar surface area (TPSA) is 103 Å². The van der Waals surface area contributed by atoms with Gasteiger partial charge in [0.1, 0.15) is 5.69 Å². The largest absolute Gasteiger partial charge is 0.436 e. The molecule has 134 valence electrons. The summed E-state index contributed by atoms with van der Waals surface area (Å²) in [6, 6.07) is 10.8. The molecular weight excluding hydrogens is 348 g/mol. The van der Waals surface area contributed by atoms with Crippen LogP contribution in [0.1, 0.15) is 16.1 Å². The van der Waals surface area contributed by atoms with E-state index in [-0.39, 0.29) is 17.1 Å². The first-order valence-corrected chi connectivity index (χ1v) is 8.49. The summed E-state index contributed by atoms with van der Waals surface area (Å²) in [4.78, 5) is 27.4. The van der Waals surface area contributed by atoms with Crippen LogP contribution in [0, 0.1) is 17.0 Å². The van der Waals surface area contributed by atoms with Crippen molar-refractivity contribution in [3.05, 3.63) is 57.8 Å². The van der Waals surface area contributed by atoms with E-state index < -0.39 is 4.92 Å². The molecule has 0 saturated carbocycles. The van der Waals surface area contributed by atoms with Crippen LogP contribution in [-0.4, -0.2) is 26.9 Å². The highest BCUT2D eigenvalue weighted by Gasteiger charge is 2.23. The van der Waals surface area contributed by atoms with Crippen LogP contribution in [0.4, 0.5) is 5.69 Å². The number of nitro benzene ring substituents is 1. The summed E-state index contributed by atoms with van der Waals surface area (Å²) in [6.45, 7) is 2.94. The number of carbonyl (C=O) groups excluding carboxylic acids is 1. The Kier molecular flexibility index (Phi) is 3.12. The van der Waals surface area contributed by atoms with Crippen LogP contribution in [0.3, 0.4) is 0 Å². The Labute approximate surface area is 152 Å². The van der Waals surface area contributed by atoms with Gasteiger partial charge in [0.15, 0.2) is 11.1 Å². The Bertz CT molecular complexity index is 1270. The third kappa shape index (κ3) is 2.23. The Balaban J connectivity index is 1.71. The van der Waals surface area contributed by atoms with Gasteiger partial charge in [-0.05, 0) is 37.3 Å². The zero-order chi connectivity index (χ0) is 18.7. The van der Waals surface area contributed by atoms with Gasteiger partial charge < -0.3 is 14.3 Å². The molecule has 0 atom stereocenters. The fourth-order valence-corrected chi connectivity index (χ4v) is 3.62. The molecule has 0 saturated heterocycles. The van der Waals surface area contributed by atoms with Crippen molar-refractivity contribution >= 4 is 33.6 Å². The molecule has 2 aromatic heterocycles. The van der Waals surface area contributed by atoms with Gasteiger partial charge in [0.2, 0.25) is 5.89 Å². The number of nitrogens with zero attached hydrogens (tertiary/aromatic N) is 3. The van der Waals surface area contributed by atoms with E-state index in [1.165, 1.54) is 0 Å². The van der Waals surface area contributed by atoms with Gasteiger partial charge in [-0.25, -0.2) is 4.98 Å². The first-order valence-electron chi connectivity index (χ1n) is 8.49. The van der Waals surface area contributed by atoms with Crippen molar-refractivity contribution < 1.29 is 14.1 Å². The van der Waals surface area contributed by atoms with Gasteiger partial charge in [0.25, 0.3) is 5.91 Å². The maximum absolute atomic E-state index is 12.0. The minimum absolute atomic E-state index is 0.0414. The second kappa shape index (κ2) is 5.41. The van der Waals surface area contributed by atoms with Crippen LogP contribution in [0.2, 0.25) is 0 Å². The average molecular weight is 362 g/mol. The smallest absolute Gasteiger partial charge is 0.301 e. The first kappa shape index (κ1) is 15.6. The average Bonchev–Trinajstić information content (AvgIpc) is 3.23. The van der Waals surface area contributed by atoms with E-state index in [1.807, 2.05) is 28.8 Å². The molecule has 8 heteroatoms. The van der Waals surface area contributed by atoms with E-state index in [9.17, 15) is 14.9 Å². The number of rotatable bonds is 2. The summed E-state index contributed by atoms with van der Waals surface area (Å²) in [7, 11) is 0. The number of carbonyl (C=O) groups is 1. The van der Waals surface area contributed by atoms with E-state index in [4.69, 9.17) is 4.42 Å². The van der Waals surface area contributed by atoms with Gasteiger partial charge in [0.05, 0.1) is 4.92 Å². The van der Waals surface area contributed by atoms with Gasteiger partial charge in [-0.15, -0.1) is 0 Å². The number of hydrogen-bond acceptors (Lipinski definition) is 5. The van der Waals surface area contributed by atoms with E-state index >= 15 is 0 Å². The normalized spacial score (nSPS) is 13.7. The quantitative estimate of drug-likeness (QED) is 0.435. The van der Waals surface area contributed by atoms with Gasteiger partial charge in [-0.2, -0.15) is 0 Å². The maximum atomic E-state index is 12.0. The first-order chi connectivity index (χ1) is 13.0. The Morgan fingerprint density at radius 3 is 2.93 bits per heavy atom. The summed E-state index contributed by atoms with van der Waals surface area (Å²) < 4.78 is 7.75. The molecule has 0 radical (unpaired) electrons. The van der Waals surface area contributed by atoms with Crippen LogP contribution < -0.4 is 5.32 Å². The third-order valence-electron chi connectivity index (χ3n) is 4.92. The lowest BCUT2D eigenvalue weighted by atomic mass is 10.1. The highest BCUT2D eigenvalue weighted by atomic mass is 16.6. The molecule has 1 aliphatic heterocycles. The minimum atomic E-state index is -0.435. The van der Waals surface area contributed by atoms with Crippen LogP contribution >= 0.6 is 0 Å². The number of oxazole rings is 1. The standard InChI is InChI=1S/C19H14N4O4/c1-10-2-5-15-16(17(10)23(25)26)21-19(27-15)12-4-3-11-8-14-18(24)20-6-7-22(14)13(11)9-12/h2-5,8-9H,6-7H2,1H3,(H,20,24). The third-order valence-corrected chi connectivity index (χ3v) is 4.92. The summed E-state index contributed by atoms with van der Waals surface area (Å²) in [6.07, 6.45) is 0. The molecule has 1 N–H and O–H groups in total. The lowest BCUT2D eigenvalue weighted by molar-refractivity contribution is -0.383. The summed E-state index contributed by atoms with van der Waals surface area (Å²) in [5.74, 6) is 0.225. The Morgan fingerprint density at radius 2 is 2.11 bits per heavy atom. The predicted octanol–water partition coefficient (Wildman–Crippen LogP) is 3.41. The molecule has 0 spiro atoms. The van der Waals surface area contributed by atoms with Crippen molar-refractivity contribution in [3.63, 3.8) is 0 Å². The van der Waals surface area contributed by atoms with Crippen molar-refractivity contribution in [3.8, 4) is 11.5 Å². The molecule has 0 aliphatic carbocycles. The van der Waals surface area contributed by atoms with Crippen molar-refractivity contribution in [1.29, 1.82) is 0 Å². The zero-order valence-electron chi connectivity index (χ0n) is 14.4. The second-order valence-corrected chi connectivity index (χ2v) is 6.56. The molecular formula is C19H14N4O4. The lowest BCUT2D eigenvalue weighted by Gasteiger charge is -2.16. The summed E-state index contributed by atoms with van der Waals surface area (Å²) >= 11 is 0. The summed E-state index contributed by atoms with van der Waals surface area (Å²) in [5.41, 5.74) is 3.35. The van der Waals surface area contributed by atoms with Crippen molar-refractivity contribution in [1.82, 2.24) is 14.9 Å². The monoisotopic (exact) mass is 362 g/mol. The second-order valence-electron chi connectivity index (χ2n) is 6.56. The number of nitro groups is 1. The van der Waals surface area contributed by atoms with Crippen molar-refractivity contribution in [2.75, 3.05) is 6.54 Å². The molecule has 2 aromatic carbocycles. The molecule has 3 heterocycles. The van der Waals surface area contributed by atoms with E-state index in [0.29, 0.717) is 41.4 Å². The molecule has 0 fully saturated rings. The van der Waals surface area contributed by atoms with E-state index in [2.05, 4.69) is 10.3 Å². The Hall–Kier alpha value is -3.68. The van der Waals surface area contributed by atoms with Crippen molar-refractivity contribution in [2.24, 2.45) is 0 Å². The Morgan fingerprint density at radius 1 is 1.26 bits per heavy atom. The maximum Gasteiger partial charge on any atom is 0.301 e. The number of fused-ring (bicyclic) bond motifs is 4. The van der Waals surface area contributed by atoms with Crippen LogP contribution in [0.25, 0.3) is 33.5 Å².